The van der Waals surface area contributed by atoms with Gasteiger partial charge in [0.15, 0.2) is 0 Å². The van der Waals surface area contributed by atoms with Crippen molar-refractivity contribution < 1.29 is 53.7 Å². The molecule has 12 aromatic rings. The number of H-pyrrole nitrogens is 1. The summed E-state index contributed by atoms with van der Waals surface area (Å²) in [7, 11) is 8.65. The number of ketones is 2. The molecule has 0 spiro atoms. The number of carbonyl (C=O) groups excluding carboxylic acids is 2. The van der Waals surface area contributed by atoms with Crippen LogP contribution in [-0.4, -0.2) is 113 Å². The van der Waals surface area contributed by atoms with Gasteiger partial charge in [-0.15, -0.1) is 10.2 Å². The van der Waals surface area contributed by atoms with Gasteiger partial charge < -0.3 is 45.0 Å². The highest BCUT2D eigenvalue weighted by Gasteiger charge is 2.20. The maximum absolute atomic E-state index is 12.1. The molecule has 23 heteroatoms. The molecule has 0 saturated carbocycles. The normalized spacial score (nSPS) is 10.1. The summed E-state index contributed by atoms with van der Waals surface area (Å²) in [5.41, 5.74) is 24.1. The molecule has 6 N–H and O–H groups in total. The SMILES string of the molecule is CC(=O)O.COc1ccc(-c2nc3ccc(-c4nn[nH]n4)cc3nc2-c2ccc(OC)cc2)cc1.COc1ccc(-c2nc3ccc(C#N)cc3nc2-c2ccc(OC)cc2)cc1.COc1ccc(C(=O)C(=O)c2ccc(OC)cc2)cc1.N#Cc1ccc(N)c(N)c1.[2H]CF. The molecule has 0 aliphatic rings. The van der Waals surface area contributed by atoms with Crippen LogP contribution >= 0.6 is 0 Å². The summed E-state index contributed by atoms with van der Waals surface area (Å²) in [6.07, 6.45) is 0. The fraction of sp³-hybridized carbons (Fsp3) is 0.111. The Morgan fingerprint density at radius 2 is 0.737 bits per heavy atom. The Balaban J connectivity index is 0.000000184. The van der Waals surface area contributed by atoms with Crippen LogP contribution in [0.15, 0.2) is 200 Å². The van der Waals surface area contributed by atoms with Gasteiger partial charge in [-0.1, -0.05) is 0 Å². The molecule has 3 heterocycles. The van der Waals surface area contributed by atoms with Crippen LogP contribution in [0, 0.1) is 22.7 Å². The van der Waals surface area contributed by atoms with Crippen LogP contribution in [0.5, 0.6) is 34.5 Å². The van der Waals surface area contributed by atoms with Gasteiger partial charge in [-0.2, -0.15) is 15.7 Å². The van der Waals surface area contributed by atoms with Crippen molar-refractivity contribution in [3.63, 3.8) is 0 Å². The maximum Gasteiger partial charge on any atom is 0.300 e. The van der Waals surface area contributed by atoms with Crippen molar-refractivity contribution in [2.24, 2.45) is 0 Å². The number of alkyl halides is 1. The number of carboxylic acids is 1. The summed E-state index contributed by atoms with van der Waals surface area (Å²) >= 11 is 0. The van der Waals surface area contributed by atoms with Gasteiger partial charge in [0, 0.05) is 45.9 Å². The van der Waals surface area contributed by atoms with Gasteiger partial charge in [0.25, 0.3) is 5.97 Å². The Bertz CT molecular complexity index is 4590. The number of hydrogen-bond donors (Lipinski definition) is 4. The van der Waals surface area contributed by atoms with Gasteiger partial charge >= 0.3 is 0 Å². The van der Waals surface area contributed by atoms with Crippen LogP contribution in [0.4, 0.5) is 15.8 Å². The number of nitrogen functional groups attached to an aromatic ring is 2. The molecule has 0 saturated heterocycles. The predicted molar refractivity (Wildman–Crippen MR) is 360 cm³/mol. The van der Waals surface area contributed by atoms with E-state index in [0.29, 0.717) is 56.5 Å². The Labute approximate surface area is 547 Å². The van der Waals surface area contributed by atoms with Crippen molar-refractivity contribution in [1.29, 1.82) is 10.5 Å². The minimum absolute atomic E-state index is 0.339. The number of halogens is 1. The average Bonchev–Trinajstić information content (AvgIpc) is 0.878. The lowest BCUT2D eigenvalue weighted by atomic mass is 10.0. The number of nitrogens with two attached hydrogens (primary N) is 2. The van der Waals surface area contributed by atoms with E-state index in [4.69, 9.17) is 76.4 Å². The second kappa shape index (κ2) is 34.2. The van der Waals surface area contributed by atoms with Gasteiger partial charge in [-0.05, 0) is 205 Å². The van der Waals surface area contributed by atoms with Crippen LogP contribution in [0.25, 0.3) is 78.5 Å². The van der Waals surface area contributed by atoms with Gasteiger partial charge in [-0.3, -0.25) is 18.8 Å². The number of aromatic nitrogens is 8. The number of Topliss-reactive ketones (excluding diaryl/α,β-unsaturated/α-hetero) is 2. The molecule has 22 nitrogen and oxygen atoms in total. The highest BCUT2D eigenvalue weighted by molar-refractivity contribution is 6.49. The number of rotatable bonds is 14. The zero-order valence-corrected chi connectivity index (χ0v) is 52.4. The molecule has 95 heavy (non-hydrogen) atoms. The third-order valence-corrected chi connectivity index (χ3v) is 13.6. The number of nitrogens with zero attached hydrogens (tertiary/aromatic N) is 9. The van der Waals surface area contributed by atoms with Crippen LogP contribution in [0.3, 0.4) is 0 Å². The maximum atomic E-state index is 12.1. The largest absolute Gasteiger partial charge is 0.497 e. The lowest BCUT2D eigenvalue weighted by Crippen LogP contribution is -2.14. The number of methoxy groups -OCH3 is 6. The van der Waals surface area contributed by atoms with Crippen molar-refractivity contribution in [2.75, 3.05) is 61.3 Å². The van der Waals surface area contributed by atoms with E-state index in [0.717, 1.165) is 97.1 Å². The first-order valence-corrected chi connectivity index (χ1v) is 28.3. The molecule has 0 atom stereocenters. The van der Waals surface area contributed by atoms with Crippen LogP contribution in [0.1, 0.15) is 40.1 Å². The van der Waals surface area contributed by atoms with Crippen molar-refractivity contribution in [2.45, 2.75) is 6.92 Å². The quantitative estimate of drug-likeness (QED) is 0.0446. The highest BCUT2D eigenvalue weighted by Crippen LogP contribution is 2.36. The molecule has 3 aromatic heterocycles. The van der Waals surface area contributed by atoms with E-state index < -0.39 is 24.7 Å². The number of anilines is 2. The molecule has 0 fully saturated rings. The molecular weight excluding hydrogens is 1210 g/mol. The Morgan fingerprint density at radius 1 is 0.442 bits per heavy atom. The van der Waals surface area contributed by atoms with Gasteiger partial charge in [-0.25, -0.2) is 19.9 Å². The Kier molecular flexibility index (Phi) is 24.4. The monoisotopic (exact) mass is 1280 g/mol. The van der Waals surface area contributed by atoms with E-state index in [-0.39, 0.29) is 0 Å². The van der Waals surface area contributed by atoms with E-state index in [2.05, 4.69) is 26.7 Å². The lowest BCUT2D eigenvalue weighted by molar-refractivity contribution is -0.134. The van der Waals surface area contributed by atoms with E-state index in [1.807, 2.05) is 127 Å². The van der Waals surface area contributed by atoms with Crippen molar-refractivity contribution in [1.82, 2.24) is 40.6 Å². The molecular formula is C72H63FN12O10. The predicted octanol–water partition coefficient (Wildman–Crippen LogP) is 13.2. The fourth-order valence-electron chi connectivity index (χ4n) is 8.79. The number of fused-ring (bicyclic) bond motifs is 2. The Hall–Kier alpha value is -13.2. The number of aromatic amines is 1. The highest BCUT2D eigenvalue weighted by atomic mass is 19.1. The first-order chi connectivity index (χ1) is 46.5. The smallest absolute Gasteiger partial charge is 0.300 e. The fourth-order valence-corrected chi connectivity index (χ4v) is 8.79. The zero-order chi connectivity index (χ0) is 69.1. The summed E-state index contributed by atoms with van der Waals surface area (Å²) in [5.74, 6) is 2.98. The molecule has 9 aromatic carbocycles. The summed E-state index contributed by atoms with van der Waals surface area (Å²) in [6.45, 7) is 1.08. The number of nitriles is 2. The molecule has 0 aliphatic heterocycles. The number of benzene rings is 9. The first-order valence-electron chi connectivity index (χ1n) is 29.0. The van der Waals surface area contributed by atoms with Crippen LogP contribution in [0.2, 0.25) is 0 Å². The number of ether oxygens (including phenoxy) is 6. The summed E-state index contributed by atoms with van der Waals surface area (Å²) in [6, 6.07) is 63.9. The number of aliphatic carboxylic acids is 1. The topological polar surface area (TPSA) is 332 Å². The van der Waals surface area contributed by atoms with Crippen LogP contribution < -0.4 is 39.9 Å². The van der Waals surface area contributed by atoms with Crippen molar-refractivity contribution >= 4 is 51.0 Å². The van der Waals surface area contributed by atoms with Crippen LogP contribution in [-0.2, 0) is 4.79 Å². The van der Waals surface area contributed by atoms with E-state index >= 15 is 0 Å². The van der Waals surface area contributed by atoms with E-state index in [9.17, 15) is 19.2 Å². The second-order valence-corrected chi connectivity index (χ2v) is 19.6. The third-order valence-electron chi connectivity index (χ3n) is 13.6. The number of carboxylic acid groups (broad SMARTS) is 1. The number of hydrogen-bond acceptors (Lipinski definition) is 20. The molecule has 0 radical (unpaired) electrons. The average molecular weight is 1280 g/mol. The van der Waals surface area contributed by atoms with Gasteiger partial charge in [0.1, 0.15) is 34.5 Å². The minimum Gasteiger partial charge on any atom is -0.497 e. The molecule has 0 bridgehead atoms. The summed E-state index contributed by atoms with van der Waals surface area (Å²) in [5, 5.41) is 39.2. The number of tetrazole rings is 1. The van der Waals surface area contributed by atoms with Gasteiger partial charge in [0.2, 0.25) is 17.4 Å². The van der Waals surface area contributed by atoms with E-state index in [1.165, 1.54) is 0 Å². The van der Waals surface area contributed by atoms with Gasteiger partial charge in [0.05, 0.1) is 131 Å². The molecule has 478 valence electrons. The second-order valence-electron chi connectivity index (χ2n) is 19.6. The standard InChI is InChI=1S/C23H18N6O2.C23H17N3O2.C16H14O4.C7H7N3.C2H4O2.CH3F/c1-30-17-8-3-14(4-9-17)21-22(15-5-10-18(31-2)11-6-15)25-20-13-16(7-12-19(20)24-21)23-26-28-29-27-23;1-27-18-8-4-16(5-9-18)22-23(17-6-10-19(28-2)11-7-17)26-21-13-15(14-24)3-12-20(21)25-22;1-19-13-7-3-11(4-8-13)15(17)16(18)12-5-9-14(20-2)10-6-12;8-4-5-1-2-6(9)7(10)3-5;1-2(3)4;1-2/h3-13H,1-2H3,(H,26,27,28,29);3-13H,1-2H3;3-10H,1-2H3;1-3H,9-10H2;1H3,(H,3,4);1H3/i;;;;;1D. The Morgan fingerprint density at radius 3 is 1.05 bits per heavy atom. The minimum atomic E-state index is -1.00. The summed E-state index contributed by atoms with van der Waals surface area (Å²) in [4.78, 5) is 52.8. The zero-order valence-electron chi connectivity index (χ0n) is 53.4. The molecule has 0 aliphatic carbocycles. The lowest BCUT2D eigenvalue weighted by Gasteiger charge is -2.12. The molecule has 0 unspecified atom stereocenters. The molecule has 12 rings (SSSR count). The number of carbonyl (C=O) groups is 3. The number of nitrogens with one attached hydrogen (secondary N) is 1. The van der Waals surface area contributed by atoms with Crippen molar-refractivity contribution in [3.8, 4) is 103 Å². The third kappa shape index (κ3) is 18.5. The first kappa shape index (κ1) is 67.8. The summed E-state index contributed by atoms with van der Waals surface area (Å²) < 4.78 is 46.6. The van der Waals surface area contributed by atoms with E-state index in [1.54, 1.807) is 122 Å². The molecule has 0 amide bonds. The van der Waals surface area contributed by atoms with Crippen molar-refractivity contribution in [3.05, 3.63) is 222 Å².